The first-order valence-electron chi connectivity index (χ1n) is 4.36. The quantitative estimate of drug-likeness (QED) is 0.579. The molecule has 2 rings (SSSR count). The first-order chi connectivity index (χ1) is 7.58. The van der Waals surface area contributed by atoms with Crippen LogP contribution < -0.4 is 10.6 Å². The van der Waals surface area contributed by atoms with Gasteiger partial charge in [0.25, 0.3) is 5.91 Å². The van der Waals surface area contributed by atoms with E-state index in [0.717, 1.165) is 0 Å². The molecule has 1 aromatic carbocycles. The highest BCUT2D eigenvalue weighted by Crippen LogP contribution is 2.21. The van der Waals surface area contributed by atoms with Crippen molar-refractivity contribution in [2.24, 2.45) is 0 Å². The number of imide groups is 1. The number of amides is 3. The highest BCUT2D eigenvalue weighted by Gasteiger charge is 2.23. The van der Waals surface area contributed by atoms with Crippen LogP contribution in [0, 0.1) is 5.82 Å². The molecule has 16 heavy (non-hydrogen) atoms. The van der Waals surface area contributed by atoms with Gasteiger partial charge in [-0.3, -0.25) is 10.1 Å². The van der Waals surface area contributed by atoms with Gasteiger partial charge in [-0.05, 0) is 18.2 Å². The fourth-order valence-corrected chi connectivity index (χ4v) is 1.49. The van der Waals surface area contributed by atoms with Crippen molar-refractivity contribution < 1.29 is 14.0 Å². The fourth-order valence-electron chi connectivity index (χ4n) is 1.28. The zero-order valence-corrected chi connectivity index (χ0v) is 8.64. The SMILES string of the molecule is O=C1NC(=O)/C(=C/c2c(F)cccc2Cl)N1. The third-order valence-electron chi connectivity index (χ3n) is 2.01. The molecule has 82 valence electrons. The number of carbonyl (C=O) groups is 2. The monoisotopic (exact) mass is 240 g/mol. The van der Waals surface area contributed by atoms with Gasteiger partial charge in [-0.2, -0.15) is 0 Å². The maximum absolute atomic E-state index is 13.4. The minimum Gasteiger partial charge on any atom is -0.303 e. The molecular formula is C10H6ClFN2O2. The lowest BCUT2D eigenvalue weighted by atomic mass is 10.2. The molecule has 1 aromatic rings. The second kappa shape index (κ2) is 3.94. The number of carbonyl (C=O) groups excluding carboxylic acids is 2. The molecule has 1 aliphatic heterocycles. The molecule has 0 spiro atoms. The molecule has 0 radical (unpaired) electrons. The third kappa shape index (κ3) is 1.90. The Morgan fingerprint density at radius 3 is 2.56 bits per heavy atom. The van der Waals surface area contributed by atoms with E-state index in [2.05, 4.69) is 5.32 Å². The topological polar surface area (TPSA) is 58.2 Å². The normalized spacial score (nSPS) is 17.5. The lowest BCUT2D eigenvalue weighted by Crippen LogP contribution is -2.22. The van der Waals surface area contributed by atoms with Gasteiger partial charge in [-0.15, -0.1) is 0 Å². The molecule has 1 saturated heterocycles. The number of hydrogen-bond acceptors (Lipinski definition) is 2. The number of nitrogens with one attached hydrogen (secondary N) is 2. The van der Waals surface area contributed by atoms with Crippen molar-refractivity contribution in [3.05, 3.63) is 40.3 Å². The predicted molar refractivity (Wildman–Crippen MR) is 56.1 cm³/mol. The number of hydrogen-bond donors (Lipinski definition) is 2. The molecule has 2 N–H and O–H groups in total. The molecular weight excluding hydrogens is 235 g/mol. The van der Waals surface area contributed by atoms with Crippen LogP contribution in [0.1, 0.15) is 5.56 Å². The van der Waals surface area contributed by atoms with E-state index in [9.17, 15) is 14.0 Å². The van der Waals surface area contributed by atoms with Crippen molar-refractivity contribution >= 4 is 29.6 Å². The van der Waals surface area contributed by atoms with E-state index in [-0.39, 0.29) is 16.3 Å². The highest BCUT2D eigenvalue weighted by atomic mass is 35.5. The van der Waals surface area contributed by atoms with Crippen molar-refractivity contribution in [2.75, 3.05) is 0 Å². The average Bonchev–Trinajstić information content (AvgIpc) is 2.51. The van der Waals surface area contributed by atoms with E-state index >= 15 is 0 Å². The Morgan fingerprint density at radius 2 is 2.00 bits per heavy atom. The number of rotatable bonds is 1. The van der Waals surface area contributed by atoms with Crippen LogP contribution in [-0.4, -0.2) is 11.9 Å². The second-order valence-electron chi connectivity index (χ2n) is 3.10. The summed E-state index contributed by atoms with van der Waals surface area (Å²) in [5.41, 5.74) is 0.0357. The number of benzene rings is 1. The van der Waals surface area contributed by atoms with E-state index in [1.165, 1.54) is 24.3 Å². The summed E-state index contributed by atoms with van der Waals surface area (Å²) < 4.78 is 13.4. The number of halogens is 2. The Kier molecular flexibility index (Phi) is 2.62. The van der Waals surface area contributed by atoms with Gasteiger partial charge >= 0.3 is 6.03 Å². The minimum atomic E-state index is -0.635. The first kappa shape index (κ1) is 10.6. The van der Waals surface area contributed by atoms with Crippen LogP contribution in [0.5, 0.6) is 0 Å². The van der Waals surface area contributed by atoms with Crippen LogP contribution in [0.2, 0.25) is 5.02 Å². The smallest absolute Gasteiger partial charge is 0.303 e. The molecule has 3 amide bonds. The van der Waals surface area contributed by atoms with Crippen molar-refractivity contribution in [3.8, 4) is 0 Å². The second-order valence-corrected chi connectivity index (χ2v) is 3.51. The van der Waals surface area contributed by atoms with Crippen LogP contribution in [-0.2, 0) is 4.79 Å². The number of urea groups is 1. The predicted octanol–water partition coefficient (Wildman–Crippen LogP) is 1.66. The van der Waals surface area contributed by atoms with E-state index in [1.54, 1.807) is 0 Å². The van der Waals surface area contributed by atoms with Gasteiger partial charge < -0.3 is 5.32 Å². The van der Waals surface area contributed by atoms with Crippen molar-refractivity contribution in [1.29, 1.82) is 0 Å². The molecule has 0 aliphatic carbocycles. The first-order valence-corrected chi connectivity index (χ1v) is 4.74. The summed E-state index contributed by atoms with van der Waals surface area (Å²) in [5, 5.41) is 4.41. The summed E-state index contributed by atoms with van der Waals surface area (Å²) >= 11 is 5.76. The Labute approximate surface area is 95.1 Å². The van der Waals surface area contributed by atoms with Gasteiger partial charge in [0.2, 0.25) is 0 Å². The Hall–Kier alpha value is -1.88. The molecule has 6 heteroatoms. The van der Waals surface area contributed by atoms with Gasteiger partial charge in [0.1, 0.15) is 11.5 Å². The minimum absolute atomic E-state index is 0.0306. The van der Waals surface area contributed by atoms with E-state index < -0.39 is 17.8 Å². The van der Waals surface area contributed by atoms with Gasteiger partial charge in [-0.1, -0.05) is 17.7 Å². The molecule has 1 fully saturated rings. The van der Waals surface area contributed by atoms with Gasteiger partial charge in [-0.25, -0.2) is 9.18 Å². The average molecular weight is 241 g/mol. The van der Waals surface area contributed by atoms with E-state index in [4.69, 9.17) is 11.6 Å². The van der Waals surface area contributed by atoms with Gasteiger partial charge in [0.05, 0.1) is 5.02 Å². The Bertz CT molecular complexity index is 493. The summed E-state index contributed by atoms with van der Waals surface area (Å²) in [5.74, 6) is -1.17. The lowest BCUT2D eigenvalue weighted by molar-refractivity contribution is -0.115. The molecule has 1 heterocycles. The standard InChI is InChI=1S/C10H6ClFN2O2/c11-6-2-1-3-7(12)5(6)4-8-9(15)14-10(16)13-8/h1-4H,(H2,13,14,15,16)/b8-4-. The van der Waals surface area contributed by atoms with Crippen LogP contribution in [0.15, 0.2) is 23.9 Å². The molecule has 0 aromatic heterocycles. The molecule has 0 saturated carbocycles. The molecule has 0 atom stereocenters. The molecule has 0 bridgehead atoms. The highest BCUT2D eigenvalue weighted by molar-refractivity contribution is 6.32. The van der Waals surface area contributed by atoms with E-state index in [0.29, 0.717) is 0 Å². The Balaban J connectivity index is 2.44. The zero-order chi connectivity index (χ0) is 11.7. The lowest BCUT2D eigenvalue weighted by Gasteiger charge is -2.00. The Morgan fingerprint density at radius 1 is 1.25 bits per heavy atom. The summed E-state index contributed by atoms with van der Waals surface area (Å²) in [7, 11) is 0. The zero-order valence-electron chi connectivity index (χ0n) is 7.88. The summed E-state index contributed by atoms with van der Waals surface area (Å²) in [6, 6.07) is 3.52. The summed E-state index contributed by atoms with van der Waals surface area (Å²) in [6.07, 6.45) is 1.19. The summed E-state index contributed by atoms with van der Waals surface area (Å²) in [6.45, 7) is 0. The molecule has 0 unspecified atom stereocenters. The fraction of sp³-hybridized carbons (Fsp3) is 0. The third-order valence-corrected chi connectivity index (χ3v) is 2.34. The maximum atomic E-state index is 13.4. The van der Waals surface area contributed by atoms with Crippen molar-refractivity contribution in [2.45, 2.75) is 0 Å². The van der Waals surface area contributed by atoms with Crippen LogP contribution in [0.3, 0.4) is 0 Å². The van der Waals surface area contributed by atoms with Crippen molar-refractivity contribution in [1.82, 2.24) is 10.6 Å². The van der Waals surface area contributed by atoms with Crippen LogP contribution in [0.4, 0.5) is 9.18 Å². The maximum Gasteiger partial charge on any atom is 0.326 e. The molecule has 4 nitrogen and oxygen atoms in total. The van der Waals surface area contributed by atoms with Crippen LogP contribution in [0.25, 0.3) is 6.08 Å². The largest absolute Gasteiger partial charge is 0.326 e. The van der Waals surface area contributed by atoms with Gasteiger partial charge in [0.15, 0.2) is 0 Å². The summed E-state index contributed by atoms with van der Waals surface area (Å²) in [4.78, 5) is 22.0. The van der Waals surface area contributed by atoms with Crippen molar-refractivity contribution in [3.63, 3.8) is 0 Å². The molecule has 1 aliphatic rings. The van der Waals surface area contributed by atoms with Crippen LogP contribution >= 0.6 is 11.6 Å². The van der Waals surface area contributed by atoms with Gasteiger partial charge in [0, 0.05) is 5.56 Å². The van der Waals surface area contributed by atoms with E-state index in [1.807, 2.05) is 5.32 Å².